The van der Waals surface area contributed by atoms with Crippen molar-refractivity contribution in [2.75, 3.05) is 32.9 Å². The topological polar surface area (TPSA) is 75.8 Å². The number of aliphatic hydroxyl groups is 1. The maximum Gasteiger partial charge on any atom is 0.223 e. The van der Waals surface area contributed by atoms with Crippen molar-refractivity contribution in [2.45, 2.75) is 31.7 Å². The van der Waals surface area contributed by atoms with Gasteiger partial charge in [0.2, 0.25) is 5.91 Å². The van der Waals surface area contributed by atoms with E-state index in [9.17, 15) is 4.79 Å². The molecule has 0 aliphatic carbocycles. The minimum Gasteiger partial charge on any atom is -0.394 e. The predicted octanol–water partition coefficient (Wildman–Crippen LogP) is -0.275. The Balaban J connectivity index is 2.27. The molecule has 16 heavy (non-hydrogen) atoms. The molecule has 0 bridgehead atoms. The van der Waals surface area contributed by atoms with Gasteiger partial charge in [-0.25, -0.2) is 0 Å². The summed E-state index contributed by atoms with van der Waals surface area (Å²) in [5, 5.41) is 9.13. The SMILES string of the molecule is NCCCCCC(=O)N1CCOCC1CO. The Hall–Kier alpha value is -0.650. The number of carbonyl (C=O) groups is 1. The third-order valence-electron chi connectivity index (χ3n) is 2.85. The van der Waals surface area contributed by atoms with Gasteiger partial charge < -0.3 is 20.5 Å². The van der Waals surface area contributed by atoms with E-state index in [1.54, 1.807) is 4.90 Å². The van der Waals surface area contributed by atoms with Crippen molar-refractivity contribution in [1.82, 2.24) is 4.90 Å². The van der Waals surface area contributed by atoms with Crippen LogP contribution >= 0.6 is 0 Å². The molecule has 94 valence electrons. The number of ether oxygens (including phenoxy) is 1. The summed E-state index contributed by atoms with van der Waals surface area (Å²) in [4.78, 5) is 13.6. The molecule has 0 aromatic rings. The molecule has 3 N–H and O–H groups in total. The fourth-order valence-corrected chi connectivity index (χ4v) is 1.88. The molecule has 1 aliphatic heterocycles. The lowest BCUT2D eigenvalue weighted by Crippen LogP contribution is -2.50. The third kappa shape index (κ3) is 4.08. The molecule has 1 amide bonds. The monoisotopic (exact) mass is 230 g/mol. The van der Waals surface area contributed by atoms with E-state index in [0.29, 0.717) is 32.7 Å². The van der Waals surface area contributed by atoms with Gasteiger partial charge in [-0.2, -0.15) is 0 Å². The first-order valence-corrected chi connectivity index (χ1v) is 5.97. The van der Waals surface area contributed by atoms with E-state index in [1.807, 2.05) is 0 Å². The zero-order valence-corrected chi connectivity index (χ0v) is 9.73. The van der Waals surface area contributed by atoms with Crippen LogP contribution in [-0.4, -0.2) is 54.9 Å². The van der Waals surface area contributed by atoms with E-state index < -0.39 is 0 Å². The van der Waals surface area contributed by atoms with Crippen molar-refractivity contribution in [2.24, 2.45) is 5.73 Å². The van der Waals surface area contributed by atoms with Crippen LogP contribution in [0.2, 0.25) is 0 Å². The Kier molecular flexibility index (Phi) is 6.37. The standard InChI is InChI=1S/C11H22N2O3/c12-5-3-1-2-4-11(15)13-6-7-16-9-10(13)8-14/h10,14H,1-9,12H2. The van der Waals surface area contributed by atoms with Gasteiger partial charge in [-0.15, -0.1) is 0 Å². The lowest BCUT2D eigenvalue weighted by atomic mass is 10.1. The van der Waals surface area contributed by atoms with Crippen molar-refractivity contribution < 1.29 is 14.6 Å². The van der Waals surface area contributed by atoms with Crippen LogP contribution in [0.4, 0.5) is 0 Å². The quantitative estimate of drug-likeness (QED) is 0.616. The first-order chi connectivity index (χ1) is 7.79. The highest BCUT2D eigenvalue weighted by atomic mass is 16.5. The van der Waals surface area contributed by atoms with Gasteiger partial charge in [-0.05, 0) is 19.4 Å². The maximum absolute atomic E-state index is 11.9. The zero-order valence-electron chi connectivity index (χ0n) is 9.73. The number of nitrogens with two attached hydrogens (primary N) is 1. The number of morpholine rings is 1. The van der Waals surface area contributed by atoms with Crippen LogP contribution in [0, 0.1) is 0 Å². The summed E-state index contributed by atoms with van der Waals surface area (Å²) >= 11 is 0. The van der Waals surface area contributed by atoms with Crippen molar-refractivity contribution in [3.63, 3.8) is 0 Å². The summed E-state index contributed by atoms with van der Waals surface area (Å²) in [6, 6.07) is -0.157. The molecule has 0 aromatic heterocycles. The number of hydrogen-bond donors (Lipinski definition) is 2. The fourth-order valence-electron chi connectivity index (χ4n) is 1.88. The molecule has 1 heterocycles. The molecule has 1 fully saturated rings. The summed E-state index contributed by atoms with van der Waals surface area (Å²) in [5.74, 6) is 0.124. The Bertz CT molecular complexity index is 211. The number of nitrogens with zero attached hydrogens (tertiary/aromatic N) is 1. The van der Waals surface area contributed by atoms with Crippen molar-refractivity contribution in [3.05, 3.63) is 0 Å². The van der Waals surface area contributed by atoms with E-state index in [2.05, 4.69) is 0 Å². The average Bonchev–Trinajstić information content (AvgIpc) is 2.34. The second-order valence-corrected chi connectivity index (χ2v) is 4.10. The maximum atomic E-state index is 11.9. The van der Waals surface area contributed by atoms with Crippen LogP contribution in [0.25, 0.3) is 0 Å². The normalized spacial score (nSPS) is 21.1. The Morgan fingerprint density at radius 3 is 2.94 bits per heavy atom. The molecule has 0 saturated carbocycles. The molecule has 0 radical (unpaired) electrons. The van der Waals surface area contributed by atoms with Gasteiger partial charge in [0.15, 0.2) is 0 Å². The minimum atomic E-state index is -0.157. The van der Waals surface area contributed by atoms with E-state index in [-0.39, 0.29) is 18.6 Å². The minimum absolute atomic E-state index is 0.0193. The Morgan fingerprint density at radius 1 is 1.44 bits per heavy atom. The molecule has 1 saturated heterocycles. The molecule has 5 heteroatoms. The third-order valence-corrected chi connectivity index (χ3v) is 2.85. The number of carbonyl (C=O) groups excluding carboxylic acids is 1. The summed E-state index contributed by atoms with van der Waals surface area (Å²) in [5.41, 5.74) is 5.39. The lowest BCUT2D eigenvalue weighted by Gasteiger charge is -2.34. The van der Waals surface area contributed by atoms with E-state index in [4.69, 9.17) is 15.6 Å². The Labute approximate surface area is 96.6 Å². The molecular weight excluding hydrogens is 208 g/mol. The fraction of sp³-hybridized carbons (Fsp3) is 0.909. The van der Waals surface area contributed by atoms with Crippen LogP contribution in [-0.2, 0) is 9.53 Å². The van der Waals surface area contributed by atoms with E-state index in [1.165, 1.54) is 0 Å². The van der Waals surface area contributed by atoms with Crippen molar-refractivity contribution in [1.29, 1.82) is 0 Å². The predicted molar refractivity (Wildman–Crippen MR) is 60.9 cm³/mol. The first-order valence-electron chi connectivity index (χ1n) is 5.97. The van der Waals surface area contributed by atoms with Gasteiger partial charge in [0, 0.05) is 13.0 Å². The highest BCUT2D eigenvalue weighted by Gasteiger charge is 2.25. The summed E-state index contributed by atoms with van der Waals surface area (Å²) in [6.45, 7) is 2.29. The molecule has 0 spiro atoms. The largest absolute Gasteiger partial charge is 0.394 e. The lowest BCUT2D eigenvalue weighted by molar-refractivity contribution is -0.141. The number of aliphatic hydroxyl groups excluding tert-OH is 1. The smallest absolute Gasteiger partial charge is 0.223 e. The second kappa shape index (κ2) is 7.60. The summed E-state index contributed by atoms with van der Waals surface area (Å²) < 4.78 is 5.23. The molecule has 0 aromatic carbocycles. The molecular formula is C11H22N2O3. The van der Waals surface area contributed by atoms with Crippen LogP contribution in [0.3, 0.4) is 0 Å². The Morgan fingerprint density at radius 2 is 2.25 bits per heavy atom. The number of amides is 1. The zero-order chi connectivity index (χ0) is 11.8. The summed E-state index contributed by atoms with van der Waals surface area (Å²) in [6.07, 6.45) is 3.40. The summed E-state index contributed by atoms with van der Waals surface area (Å²) in [7, 11) is 0. The van der Waals surface area contributed by atoms with Crippen LogP contribution in [0.1, 0.15) is 25.7 Å². The van der Waals surface area contributed by atoms with Crippen LogP contribution in [0.5, 0.6) is 0 Å². The first kappa shape index (κ1) is 13.4. The van der Waals surface area contributed by atoms with Gasteiger partial charge in [0.05, 0.1) is 25.9 Å². The van der Waals surface area contributed by atoms with Gasteiger partial charge in [0.1, 0.15) is 0 Å². The van der Waals surface area contributed by atoms with Crippen LogP contribution in [0.15, 0.2) is 0 Å². The van der Waals surface area contributed by atoms with Gasteiger partial charge in [-0.1, -0.05) is 6.42 Å². The molecule has 1 atom stereocenters. The number of unbranched alkanes of at least 4 members (excludes halogenated alkanes) is 2. The molecule has 5 nitrogen and oxygen atoms in total. The van der Waals surface area contributed by atoms with Crippen molar-refractivity contribution in [3.8, 4) is 0 Å². The number of hydrogen-bond acceptors (Lipinski definition) is 4. The highest BCUT2D eigenvalue weighted by molar-refractivity contribution is 5.76. The second-order valence-electron chi connectivity index (χ2n) is 4.10. The van der Waals surface area contributed by atoms with E-state index >= 15 is 0 Å². The molecule has 1 unspecified atom stereocenters. The van der Waals surface area contributed by atoms with Crippen LogP contribution < -0.4 is 5.73 Å². The van der Waals surface area contributed by atoms with Gasteiger partial charge in [0.25, 0.3) is 0 Å². The molecule has 1 rings (SSSR count). The average molecular weight is 230 g/mol. The number of rotatable bonds is 6. The highest BCUT2D eigenvalue weighted by Crippen LogP contribution is 2.10. The van der Waals surface area contributed by atoms with Crippen molar-refractivity contribution >= 4 is 5.91 Å². The van der Waals surface area contributed by atoms with E-state index in [0.717, 1.165) is 19.3 Å². The van der Waals surface area contributed by atoms with Gasteiger partial charge in [-0.3, -0.25) is 4.79 Å². The molecule has 1 aliphatic rings. The van der Waals surface area contributed by atoms with Gasteiger partial charge >= 0.3 is 0 Å².